The van der Waals surface area contributed by atoms with E-state index in [1.54, 1.807) is 18.7 Å². The van der Waals surface area contributed by atoms with Gasteiger partial charge in [0, 0.05) is 11.6 Å². The SMILES string of the molecule is CC(C)(C)N.CCC[C@H](N[C@H](C)C(=O)N1C(C(=O)O)CC2CCCCC21)C(=O)OCC. The minimum Gasteiger partial charge on any atom is -0.480 e. The maximum absolute atomic E-state index is 13.1. The predicted molar refractivity (Wildman–Crippen MR) is 120 cm³/mol. The molecule has 4 N–H and O–H groups in total. The molecule has 1 saturated carbocycles. The molecule has 0 radical (unpaired) electrons. The molecule has 2 rings (SSSR count). The maximum atomic E-state index is 13.1. The van der Waals surface area contributed by atoms with Crippen LogP contribution >= 0.6 is 0 Å². The van der Waals surface area contributed by atoms with Crippen molar-refractivity contribution in [2.75, 3.05) is 6.61 Å². The second-order valence-electron chi connectivity index (χ2n) is 9.79. The van der Waals surface area contributed by atoms with Crippen LogP contribution < -0.4 is 11.1 Å². The van der Waals surface area contributed by atoms with Gasteiger partial charge in [-0.1, -0.05) is 26.2 Å². The molecule has 2 aliphatic rings. The monoisotopic (exact) mass is 441 g/mol. The van der Waals surface area contributed by atoms with E-state index in [-0.39, 0.29) is 29.4 Å². The molecule has 0 aromatic rings. The summed E-state index contributed by atoms with van der Waals surface area (Å²) in [4.78, 5) is 38.5. The van der Waals surface area contributed by atoms with E-state index in [9.17, 15) is 19.5 Å². The Labute approximate surface area is 187 Å². The van der Waals surface area contributed by atoms with Gasteiger partial charge in [0.15, 0.2) is 0 Å². The molecule has 31 heavy (non-hydrogen) atoms. The van der Waals surface area contributed by atoms with E-state index in [0.29, 0.717) is 19.4 Å². The lowest BCUT2D eigenvalue weighted by Crippen LogP contribution is -2.55. The molecular weight excluding hydrogens is 398 g/mol. The number of carboxylic acid groups (broad SMARTS) is 1. The van der Waals surface area contributed by atoms with E-state index in [0.717, 1.165) is 32.1 Å². The standard InChI is InChI=1S/C19H32N2O5.C4H11N/c1-4-8-14(19(25)26-5-2)20-12(3)17(22)21-15-10-7-6-9-13(15)11-16(21)18(23)24;1-4(2,3)5/h12-16,20H,4-11H2,1-3H3,(H,23,24);5H2,1-3H3/t12-,13?,14+,15?,16?;/m1./s1. The summed E-state index contributed by atoms with van der Waals surface area (Å²) in [6.07, 6.45) is 5.87. The molecule has 1 aliphatic heterocycles. The minimum atomic E-state index is -0.935. The van der Waals surface area contributed by atoms with Crippen LogP contribution in [0.3, 0.4) is 0 Å². The van der Waals surface area contributed by atoms with Crippen molar-refractivity contribution in [3.05, 3.63) is 0 Å². The molecule has 1 saturated heterocycles. The van der Waals surface area contributed by atoms with Crippen LogP contribution in [0.25, 0.3) is 0 Å². The van der Waals surface area contributed by atoms with E-state index in [4.69, 9.17) is 10.5 Å². The highest BCUT2D eigenvalue weighted by molar-refractivity contribution is 5.88. The summed E-state index contributed by atoms with van der Waals surface area (Å²) >= 11 is 0. The van der Waals surface area contributed by atoms with Crippen molar-refractivity contribution in [1.29, 1.82) is 0 Å². The van der Waals surface area contributed by atoms with Gasteiger partial charge in [0.2, 0.25) is 5.91 Å². The summed E-state index contributed by atoms with van der Waals surface area (Å²) in [5.74, 6) is -1.24. The lowest BCUT2D eigenvalue weighted by Gasteiger charge is -2.35. The summed E-state index contributed by atoms with van der Waals surface area (Å²) in [7, 11) is 0. The zero-order valence-corrected chi connectivity index (χ0v) is 20.1. The number of nitrogens with two attached hydrogens (primary N) is 1. The van der Waals surface area contributed by atoms with Crippen LogP contribution in [0.4, 0.5) is 0 Å². The number of hydrogen-bond acceptors (Lipinski definition) is 6. The van der Waals surface area contributed by atoms with Crippen LogP contribution in [0.5, 0.6) is 0 Å². The number of carbonyl (C=O) groups excluding carboxylic acids is 2. The van der Waals surface area contributed by atoms with Gasteiger partial charge in [0.25, 0.3) is 0 Å². The van der Waals surface area contributed by atoms with Crippen molar-refractivity contribution in [1.82, 2.24) is 10.2 Å². The maximum Gasteiger partial charge on any atom is 0.326 e. The van der Waals surface area contributed by atoms with Gasteiger partial charge < -0.3 is 20.5 Å². The van der Waals surface area contributed by atoms with Crippen molar-refractivity contribution in [3.8, 4) is 0 Å². The molecule has 1 amide bonds. The highest BCUT2D eigenvalue weighted by atomic mass is 16.5. The van der Waals surface area contributed by atoms with Crippen molar-refractivity contribution in [2.24, 2.45) is 11.7 Å². The topological polar surface area (TPSA) is 122 Å². The number of carboxylic acids is 1. The van der Waals surface area contributed by atoms with Crippen LogP contribution in [0.2, 0.25) is 0 Å². The van der Waals surface area contributed by atoms with Gasteiger partial charge in [-0.3, -0.25) is 14.9 Å². The summed E-state index contributed by atoms with van der Waals surface area (Å²) in [6, 6.07) is -1.92. The fourth-order valence-electron chi connectivity index (χ4n) is 4.39. The number of ether oxygens (including phenoxy) is 1. The van der Waals surface area contributed by atoms with E-state index in [1.165, 1.54) is 0 Å². The van der Waals surface area contributed by atoms with Crippen LogP contribution in [-0.4, -0.2) is 64.2 Å². The Morgan fingerprint density at radius 3 is 2.29 bits per heavy atom. The van der Waals surface area contributed by atoms with Gasteiger partial charge in [-0.05, 0) is 66.2 Å². The van der Waals surface area contributed by atoms with Crippen LogP contribution in [0.1, 0.15) is 86.5 Å². The number of aliphatic carboxylic acids is 1. The first kappa shape index (κ1) is 27.4. The summed E-state index contributed by atoms with van der Waals surface area (Å²) < 4.78 is 5.09. The number of nitrogens with zero attached hydrogens (tertiary/aromatic N) is 1. The van der Waals surface area contributed by atoms with Crippen LogP contribution in [0.15, 0.2) is 0 Å². The van der Waals surface area contributed by atoms with E-state index < -0.39 is 24.1 Å². The molecule has 5 atom stereocenters. The number of amides is 1. The van der Waals surface area contributed by atoms with Gasteiger partial charge in [-0.25, -0.2) is 4.79 Å². The van der Waals surface area contributed by atoms with E-state index in [1.807, 2.05) is 27.7 Å². The molecule has 3 unspecified atom stereocenters. The molecular formula is C23H43N3O5. The first-order valence-corrected chi connectivity index (χ1v) is 11.7. The first-order valence-electron chi connectivity index (χ1n) is 11.7. The summed E-state index contributed by atoms with van der Waals surface area (Å²) in [6.45, 7) is 11.6. The minimum absolute atomic E-state index is 0. The molecule has 0 aromatic carbocycles. The Kier molecular flexibility index (Phi) is 10.9. The third-order valence-electron chi connectivity index (χ3n) is 5.60. The second-order valence-corrected chi connectivity index (χ2v) is 9.79. The summed E-state index contributed by atoms with van der Waals surface area (Å²) in [5, 5.41) is 12.7. The second kappa shape index (κ2) is 12.4. The number of esters is 1. The van der Waals surface area contributed by atoms with E-state index in [2.05, 4.69) is 5.32 Å². The number of carbonyl (C=O) groups is 3. The number of hydrogen-bond donors (Lipinski definition) is 3. The molecule has 8 heteroatoms. The Hall–Kier alpha value is -1.67. The largest absolute Gasteiger partial charge is 0.480 e. The zero-order valence-electron chi connectivity index (χ0n) is 20.1. The highest BCUT2D eigenvalue weighted by Gasteiger charge is 2.48. The van der Waals surface area contributed by atoms with Crippen molar-refractivity contribution in [3.63, 3.8) is 0 Å². The van der Waals surface area contributed by atoms with E-state index >= 15 is 0 Å². The van der Waals surface area contributed by atoms with Gasteiger partial charge >= 0.3 is 11.9 Å². The lowest BCUT2D eigenvalue weighted by atomic mass is 9.84. The molecule has 0 bridgehead atoms. The smallest absolute Gasteiger partial charge is 0.326 e. The molecule has 8 nitrogen and oxygen atoms in total. The number of nitrogens with one attached hydrogen (secondary N) is 1. The first-order chi connectivity index (χ1) is 14.4. The Morgan fingerprint density at radius 2 is 1.77 bits per heavy atom. The average molecular weight is 442 g/mol. The van der Waals surface area contributed by atoms with Crippen LogP contribution in [0, 0.1) is 5.92 Å². The molecule has 1 heterocycles. The fourth-order valence-corrected chi connectivity index (χ4v) is 4.39. The molecule has 180 valence electrons. The zero-order chi connectivity index (χ0) is 23.8. The van der Waals surface area contributed by atoms with Crippen LogP contribution in [-0.2, 0) is 19.1 Å². The van der Waals surface area contributed by atoms with Crippen molar-refractivity contribution in [2.45, 2.75) is 116 Å². The quantitative estimate of drug-likeness (QED) is 0.495. The van der Waals surface area contributed by atoms with Gasteiger partial charge in [-0.15, -0.1) is 0 Å². The Bertz CT molecular complexity index is 599. The fraction of sp³-hybridized carbons (Fsp3) is 0.870. The number of likely N-dealkylation sites (tertiary alicyclic amines) is 1. The third-order valence-corrected chi connectivity index (χ3v) is 5.60. The lowest BCUT2D eigenvalue weighted by molar-refractivity contribution is -0.152. The molecule has 2 fully saturated rings. The third kappa shape index (κ3) is 8.77. The predicted octanol–water partition coefficient (Wildman–Crippen LogP) is 2.68. The Morgan fingerprint density at radius 1 is 1.19 bits per heavy atom. The van der Waals surface area contributed by atoms with Gasteiger partial charge in [0.1, 0.15) is 12.1 Å². The molecule has 0 spiro atoms. The van der Waals surface area contributed by atoms with Gasteiger partial charge in [0.05, 0.1) is 12.6 Å². The van der Waals surface area contributed by atoms with Crippen molar-refractivity contribution >= 4 is 17.8 Å². The number of rotatable bonds is 8. The number of fused-ring (bicyclic) bond motifs is 1. The average Bonchev–Trinajstić information content (AvgIpc) is 3.05. The normalized spacial score (nSPS) is 25.0. The molecule has 0 aromatic heterocycles. The van der Waals surface area contributed by atoms with Crippen molar-refractivity contribution < 1.29 is 24.2 Å². The Balaban J connectivity index is 0.000000861. The summed E-state index contributed by atoms with van der Waals surface area (Å²) in [5.41, 5.74) is 5.35. The highest BCUT2D eigenvalue weighted by Crippen LogP contribution is 2.40. The van der Waals surface area contributed by atoms with Gasteiger partial charge in [-0.2, -0.15) is 0 Å². The molecule has 1 aliphatic carbocycles.